The van der Waals surface area contributed by atoms with Crippen LogP contribution in [0, 0.1) is 22.5 Å². The van der Waals surface area contributed by atoms with Crippen molar-refractivity contribution < 1.29 is 18.1 Å². The Kier molecular flexibility index (Phi) is 7.58. The van der Waals surface area contributed by atoms with Gasteiger partial charge in [0.15, 0.2) is 0 Å². The van der Waals surface area contributed by atoms with E-state index < -0.39 is 14.9 Å². The minimum atomic E-state index is -3.72. The molecule has 1 amide bonds. The summed E-state index contributed by atoms with van der Waals surface area (Å²) >= 11 is 0. The molecule has 180 valence electrons. The molecule has 0 spiro atoms. The second-order valence-electron chi connectivity index (χ2n) is 10.2. The van der Waals surface area contributed by atoms with Gasteiger partial charge < -0.3 is 5.32 Å². The van der Waals surface area contributed by atoms with Crippen molar-refractivity contribution in [2.45, 2.75) is 60.0 Å². The summed E-state index contributed by atoms with van der Waals surface area (Å²) in [6.45, 7) is 11.8. The van der Waals surface area contributed by atoms with Crippen LogP contribution in [0.4, 0.5) is 11.4 Å². The van der Waals surface area contributed by atoms with Gasteiger partial charge in [-0.2, -0.15) is 0 Å². The number of benzene rings is 2. The normalized spacial score (nSPS) is 12.3. The number of nitro benzene ring substituents is 1. The smallest absolute Gasteiger partial charge is 0.274 e. The van der Waals surface area contributed by atoms with Crippen LogP contribution in [0.3, 0.4) is 0 Å². The Hall–Kier alpha value is -2.94. The van der Waals surface area contributed by atoms with Gasteiger partial charge >= 0.3 is 0 Å². The number of hydrogen-bond donors (Lipinski definition) is 1. The van der Waals surface area contributed by atoms with Gasteiger partial charge in [-0.25, -0.2) is 8.42 Å². The zero-order valence-electron chi connectivity index (χ0n) is 20.3. The Labute approximate surface area is 196 Å². The largest absolute Gasteiger partial charge is 0.347 e. The second-order valence-corrected chi connectivity index (χ2v) is 12.1. The predicted octanol–water partition coefficient (Wildman–Crippen LogP) is 4.81. The maximum Gasteiger partial charge on any atom is 0.274 e. The fourth-order valence-electron chi connectivity index (χ4n) is 4.14. The maximum atomic E-state index is 12.7. The fourth-order valence-corrected chi connectivity index (χ4v) is 5.08. The molecule has 8 nitrogen and oxygen atoms in total. The van der Waals surface area contributed by atoms with Gasteiger partial charge in [-0.15, -0.1) is 0 Å². The molecule has 33 heavy (non-hydrogen) atoms. The van der Waals surface area contributed by atoms with E-state index in [9.17, 15) is 23.3 Å². The van der Waals surface area contributed by atoms with Gasteiger partial charge in [0.2, 0.25) is 10.0 Å². The molecule has 0 aliphatic heterocycles. The van der Waals surface area contributed by atoms with Crippen LogP contribution in [0.1, 0.15) is 62.5 Å². The zero-order valence-corrected chi connectivity index (χ0v) is 21.1. The van der Waals surface area contributed by atoms with E-state index in [-0.39, 0.29) is 40.3 Å². The van der Waals surface area contributed by atoms with Crippen molar-refractivity contribution in [2.24, 2.45) is 5.41 Å². The summed E-state index contributed by atoms with van der Waals surface area (Å²) in [5.41, 5.74) is 1.16. The Balaban J connectivity index is 2.27. The van der Waals surface area contributed by atoms with E-state index in [4.69, 9.17) is 0 Å². The number of anilines is 1. The second kappa shape index (κ2) is 9.51. The molecule has 1 N–H and O–H groups in total. The zero-order chi connectivity index (χ0) is 25.2. The lowest BCUT2D eigenvalue weighted by Crippen LogP contribution is -2.45. The van der Waals surface area contributed by atoms with E-state index in [2.05, 4.69) is 26.1 Å². The van der Waals surface area contributed by atoms with Gasteiger partial charge in [-0.05, 0) is 56.4 Å². The number of nitrogens with zero attached hydrogens (tertiary/aromatic N) is 2. The van der Waals surface area contributed by atoms with Gasteiger partial charge in [-0.3, -0.25) is 19.2 Å². The highest BCUT2D eigenvalue weighted by Gasteiger charge is 2.28. The summed E-state index contributed by atoms with van der Waals surface area (Å²) in [6, 6.07) is 11.0. The number of rotatable bonds is 8. The van der Waals surface area contributed by atoms with Crippen LogP contribution in [0.15, 0.2) is 42.5 Å². The standard InChI is InChI=1S/C24H33N3O5S/c1-17-20(9-8-10-21(17)27(29)30)26(33(7,31)32)15-18-11-13-19(14-12-18)22(28)25-24(5,6)16-23(2,3)4/h8-14H,15-16H2,1-7H3,(H,25,28). The van der Waals surface area contributed by atoms with Crippen LogP contribution in [0.5, 0.6) is 0 Å². The van der Waals surface area contributed by atoms with E-state index in [1.165, 1.54) is 19.1 Å². The van der Waals surface area contributed by atoms with Gasteiger partial charge in [-0.1, -0.05) is 39.0 Å². The molecule has 2 aromatic rings. The summed E-state index contributed by atoms with van der Waals surface area (Å²) in [7, 11) is -3.72. The molecule has 0 atom stereocenters. The molecule has 2 rings (SSSR count). The van der Waals surface area contributed by atoms with E-state index >= 15 is 0 Å². The number of amides is 1. The molecule has 0 radical (unpaired) electrons. The van der Waals surface area contributed by atoms with Crippen LogP contribution in [0.2, 0.25) is 0 Å². The lowest BCUT2D eigenvalue weighted by molar-refractivity contribution is -0.385. The minimum absolute atomic E-state index is 0.0156. The van der Waals surface area contributed by atoms with Crippen molar-refractivity contribution in [3.8, 4) is 0 Å². The Bertz CT molecular complexity index is 1130. The molecular formula is C24H33N3O5S. The minimum Gasteiger partial charge on any atom is -0.347 e. The van der Waals surface area contributed by atoms with Crippen LogP contribution >= 0.6 is 0 Å². The molecule has 0 saturated heterocycles. The number of nitrogens with one attached hydrogen (secondary N) is 1. The molecule has 0 aliphatic rings. The molecule has 2 aromatic carbocycles. The van der Waals surface area contributed by atoms with Crippen LogP contribution < -0.4 is 9.62 Å². The first kappa shape index (κ1) is 26.3. The third-order valence-electron chi connectivity index (χ3n) is 5.11. The molecule has 0 unspecified atom stereocenters. The SMILES string of the molecule is Cc1c(N(Cc2ccc(C(=O)NC(C)(C)CC(C)(C)C)cc2)S(C)(=O)=O)cccc1[N+](=O)[O-]. The number of nitro groups is 1. The highest BCUT2D eigenvalue weighted by molar-refractivity contribution is 7.92. The van der Waals surface area contributed by atoms with E-state index in [1.54, 1.807) is 30.3 Å². The van der Waals surface area contributed by atoms with E-state index in [1.807, 2.05) is 13.8 Å². The maximum absolute atomic E-state index is 12.7. The first-order valence-corrected chi connectivity index (χ1v) is 12.5. The molecular weight excluding hydrogens is 442 g/mol. The highest BCUT2D eigenvalue weighted by Crippen LogP contribution is 2.31. The molecule has 0 aliphatic carbocycles. The average Bonchev–Trinajstić information content (AvgIpc) is 2.63. The Morgan fingerprint density at radius 1 is 1.06 bits per heavy atom. The van der Waals surface area contributed by atoms with Crippen LogP contribution in [-0.2, 0) is 16.6 Å². The quantitative estimate of drug-likeness (QED) is 0.435. The van der Waals surface area contributed by atoms with Crippen molar-refractivity contribution in [3.05, 3.63) is 69.3 Å². The van der Waals surface area contributed by atoms with Crippen molar-refractivity contribution >= 4 is 27.3 Å². The molecule has 0 bridgehead atoms. The molecule has 0 aromatic heterocycles. The number of carbonyl (C=O) groups is 1. The Morgan fingerprint density at radius 3 is 2.12 bits per heavy atom. The predicted molar refractivity (Wildman–Crippen MR) is 131 cm³/mol. The molecule has 0 saturated carbocycles. The van der Waals surface area contributed by atoms with Gasteiger partial charge in [0.1, 0.15) is 0 Å². The van der Waals surface area contributed by atoms with Gasteiger partial charge in [0.05, 0.1) is 29.0 Å². The topological polar surface area (TPSA) is 110 Å². The highest BCUT2D eigenvalue weighted by atomic mass is 32.2. The Morgan fingerprint density at radius 2 is 1.64 bits per heavy atom. The van der Waals surface area contributed by atoms with E-state index in [0.717, 1.165) is 17.0 Å². The van der Waals surface area contributed by atoms with E-state index in [0.29, 0.717) is 11.1 Å². The fraction of sp³-hybridized carbons (Fsp3) is 0.458. The number of hydrogen-bond acceptors (Lipinski definition) is 5. The summed E-state index contributed by atoms with van der Waals surface area (Å²) < 4.78 is 26.2. The first-order valence-electron chi connectivity index (χ1n) is 10.6. The van der Waals surface area contributed by atoms with Crippen LogP contribution in [0.25, 0.3) is 0 Å². The monoisotopic (exact) mass is 475 g/mol. The molecule has 0 heterocycles. The average molecular weight is 476 g/mol. The van der Waals surface area contributed by atoms with Crippen molar-refractivity contribution in [2.75, 3.05) is 10.6 Å². The number of carbonyl (C=O) groups excluding carboxylic acids is 1. The summed E-state index contributed by atoms with van der Waals surface area (Å²) in [5.74, 6) is -0.203. The molecule has 9 heteroatoms. The van der Waals surface area contributed by atoms with Gasteiger partial charge in [0.25, 0.3) is 11.6 Å². The third kappa shape index (κ3) is 7.28. The van der Waals surface area contributed by atoms with Crippen molar-refractivity contribution in [1.82, 2.24) is 5.32 Å². The lowest BCUT2D eigenvalue weighted by Gasteiger charge is -2.33. The summed E-state index contributed by atoms with van der Waals surface area (Å²) in [5, 5.41) is 14.3. The summed E-state index contributed by atoms with van der Waals surface area (Å²) in [4.78, 5) is 23.5. The summed E-state index contributed by atoms with van der Waals surface area (Å²) in [6.07, 6.45) is 1.86. The lowest BCUT2D eigenvalue weighted by atomic mass is 9.81. The van der Waals surface area contributed by atoms with Crippen molar-refractivity contribution in [3.63, 3.8) is 0 Å². The van der Waals surface area contributed by atoms with Crippen LogP contribution in [-0.4, -0.2) is 31.0 Å². The molecule has 0 fully saturated rings. The first-order chi connectivity index (χ1) is 15.0. The van der Waals surface area contributed by atoms with Gasteiger partial charge in [0, 0.05) is 17.2 Å². The number of sulfonamides is 1. The van der Waals surface area contributed by atoms with Crippen molar-refractivity contribution in [1.29, 1.82) is 0 Å². The third-order valence-corrected chi connectivity index (χ3v) is 6.24.